The van der Waals surface area contributed by atoms with Crippen molar-refractivity contribution in [1.82, 2.24) is 0 Å². The molecular formula is C22H29NO2. The summed E-state index contributed by atoms with van der Waals surface area (Å²) in [7, 11) is 0. The van der Waals surface area contributed by atoms with E-state index in [-0.39, 0.29) is 18.2 Å². The van der Waals surface area contributed by atoms with E-state index in [0.717, 1.165) is 37.9 Å². The summed E-state index contributed by atoms with van der Waals surface area (Å²) >= 11 is 0. The second-order valence-corrected chi connectivity index (χ2v) is 7.48. The Morgan fingerprint density at radius 3 is 2.52 bits per heavy atom. The molecular weight excluding hydrogens is 310 g/mol. The van der Waals surface area contributed by atoms with Crippen LogP contribution < -0.4 is 10.5 Å². The lowest BCUT2D eigenvalue weighted by Crippen LogP contribution is -2.40. The standard InChI is InChI=1S/C22H29NO2/c1-17(25-21-5-3-2-4-6-21)7-8-18-9-11-19(12-10-18)20-13-14-22(23,15-20)16-24/h2-6,9-12,17,20,24H,7-8,13-16,23H2,1H3/t17?,20-,22-/m1/s1. The van der Waals surface area contributed by atoms with Crippen molar-refractivity contribution in [1.29, 1.82) is 0 Å². The van der Waals surface area contributed by atoms with Crippen LogP contribution in [-0.4, -0.2) is 23.4 Å². The number of hydrogen-bond donors (Lipinski definition) is 2. The third-order valence-electron chi connectivity index (χ3n) is 5.33. The molecule has 0 aliphatic heterocycles. The SMILES string of the molecule is CC(CCc1ccc([C@@H]2CC[C@](N)(CO)C2)cc1)Oc1ccccc1. The summed E-state index contributed by atoms with van der Waals surface area (Å²) in [5, 5.41) is 9.42. The summed E-state index contributed by atoms with van der Waals surface area (Å²) in [4.78, 5) is 0. The van der Waals surface area contributed by atoms with E-state index in [9.17, 15) is 5.11 Å². The van der Waals surface area contributed by atoms with Crippen molar-refractivity contribution >= 4 is 0 Å². The average Bonchev–Trinajstić information content (AvgIpc) is 3.04. The number of aryl methyl sites for hydroxylation is 1. The van der Waals surface area contributed by atoms with E-state index in [1.165, 1.54) is 11.1 Å². The molecule has 1 saturated carbocycles. The number of aliphatic hydroxyl groups is 1. The molecule has 0 bridgehead atoms. The van der Waals surface area contributed by atoms with Crippen molar-refractivity contribution in [3.63, 3.8) is 0 Å². The van der Waals surface area contributed by atoms with Gasteiger partial charge in [0, 0.05) is 5.54 Å². The van der Waals surface area contributed by atoms with Gasteiger partial charge in [0.25, 0.3) is 0 Å². The summed E-state index contributed by atoms with van der Waals surface area (Å²) < 4.78 is 5.94. The van der Waals surface area contributed by atoms with Gasteiger partial charge in [-0.25, -0.2) is 0 Å². The van der Waals surface area contributed by atoms with E-state index >= 15 is 0 Å². The lowest BCUT2D eigenvalue weighted by molar-refractivity contribution is 0.198. The molecule has 1 fully saturated rings. The van der Waals surface area contributed by atoms with Crippen molar-refractivity contribution in [2.75, 3.05) is 6.61 Å². The highest BCUT2D eigenvalue weighted by atomic mass is 16.5. The first kappa shape index (κ1) is 18.0. The van der Waals surface area contributed by atoms with Gasteiger partial charge in [-0.3, -0.25) is 0 Å². The van der Waals surface area contributed by atoms with Crippen LogP contribution in [0, 0.1) is 0 Å². The predicted molar refractivity (Wildman–Crippen MR) is 102 cm³/mol. The van der Waals surface area contributed by atoms with Crippen LogP contribution in [0.25, 0.3) is 0 Å². The molecule has 3 atom stereocenters. The first-order valence-electron chi connectivity index (χ1n) is 9.28. The van der Waals surface area contributed by atoms with Crippen LogP contribution in [0.4, 0.5) is 0 Å². The Labute approximate surface area is 150 Å². The van der Waals surface area contributed by atoms with Gasteiger partial charge >= 0.3 is 0 Å². The molecule has 0 spiro atoms. The highest BCUT2D eigenvalue weighted by Gasteiger charge is 2.35. The fourth-order valence-corrected chi connectivity index (χ4v) is 3.70. The van der Waals surface area contributed by atoms with Crippen molar-refractivity contribution in [2.45, 2.75) is 56.6 Å². The molecule has 25 heavy (non-hydrogen) atoms. The zero-order valence-corrected chi connectivity index (χ0v) is 15.0. The first-order chi connectivity index (χ1) is 12.1. The number of hydrogen-bond acceptors (Lipinski definition) is 3. The predicted octanol–water partition coefficient (Wildman–Crippen LogP) is 4.04. The number of rotatable bonds is 7. The smallest absolute Gasteiger partial charge is 0.119 e. The molecule has 3 N–H and O–H groups in total. The Balaban J connectivity index is 1.49. The summed E-state index contributed by atoms with van der Waals surface area (Å²) in [6.07, 6.45) is 5.05. The van der Waals surface area contributed by atoms with Crippen LogP contribution in [0.1, 0.15) is 49.7 Å². The molecule has 0 saturated heterocycles. The van der Waals surface area contributed by atoms with Crippen molar-refractivity contribution in [2.24, 2.45) is 5.73 Å². The number of nitrogens with two attached hydrogens (primary N) is 1. The third-order valence-corrected chi connectivity index (χ3v) is 5.33. The van der Waals surface area contributed by atoms with E-state index in [2.05, 4.69) is 31.2 Å². The van der Waals surface area contributed by atoms with Gasteiger partial charge in [0.2, 0.25) is 0 Å². The van der Waals surface area contributed by atoms with E-state index in [4.69, 9.17) is 10.5 Å². The highest BCUT2D eigenvalue weighted by molar-refractivity contribution is 5.27. The lowest BCUT2D eigenvalue weighted by atomic mass is 9.92. The number of benzene rings is 2. The molecule has 1 unspecified atom stereocenters. The normalized spacial score (nSPS) is 24.2. The molecule has 3 nitrogen and oxygen atoms in total. The number of ether oxygens (including phenoxy) is 1. The molecule has 0 radical (unpaired) electrons. The maximum atomic E-state index is 9.42. The van der Waals surface area contributed by atoms with Crippen LogP contribution >= 0.6 is 0 Å². The summed E-state index contributed by atoms with van der Waals surface area (Å²) in [5.41, 5.74) is 8.50. The van der Waals surface area contributed by atoms with Crippen molar-refractivity contribution in [3.8, 4) is 5.75 Å². The number of para-hydroxylation sites is 1. The minimum Gasteiger partial charge on any atom is -0.491 e. The van der Waals surface area contributed by atoms with E-state index in [0.29, 0.717) is 5.92 Å². The van der Waals surface area contributed by atoms with Gasteiger partial charge in [-0.1, -0.05) is 42.5 Å². The van der Waals surface area contributed by atoms with Gasteiger partial charge < -0.3 is 15.6 Å². The zero-order valence-electron chi connectivity index (χ0n) is 15.0. The van der Waals surface area contributed by atoms with Crippen LogP contribution in [0.3, 0.4) is 0 Å². The molecule has 0 heterocycles. The fourth-order valence-electron chi connectivity index (χ4n) is 3.70. The van der Waals surface area contributed by atoms with Crippen LogP contribution in [0.5, 0.6) is 5.75 Å². The number of aliphatic hydroxyl groups excluding tert-OH is 1. The van der Waals surface area contributed by atoms with Crippen molar-refractivity contribution in [3.05, 3.63) is 65.7 Å². The molecule has 3 heteroatoms. The molecule has 1 aliphatic carbocycles. The van der Waals surface area contributed by atoms with Gasteiger partial charge in [-0.15, -0.1) is 0 Å². The second-order valence-electron chi connectivity index (χ2n) is 7.48. The maximum Gasteiger partial charge on any atom is 0.119 e. The Morgan fingerprint density at radius 1 is 1.16 bits per heavy atom. The first-order valence-corrected chi connectivity index (χ1v) is 9.28. The summed E-state index contributed by atoms with van der Waals surface area (Å²) in [5.74, 6) is 1.41. The molecule has 2 aromatic rings. The van der Waals surface area contributed by atoms with Gasteiger partial charge in [0.15, 0.2) is 0 Å². The molecule has 0 aromatic heterocycles. The van der Waals surface area contributed by atoms with Crippen molar-refractivity contribution < 1.29 is 9.84 Å². The minimum atomic E-state index is -0.381. The molecule has 134 valence electrons. The van der Waals surface area contributed by atoms with Crippen LogP contribution in [-0.2, 0) is 6.42 Å². The largest absolute Gasteiger partial charge is 0.491 e. The van der Waals surface area contributed by atoms with Crippen LogP contribution in [0.15, 0.2) is 54.6 Å². The highest BCUT2D eigenvalue weighted by Crippen LogP contribution is 2.39. The minimum absolute atomic E-state index is 0.0842. The van der Waals surface area contributed by atoms with E-state index in [1.54, 1.807) is 0 Å². The monoisotopic (exact) mass is 339 g/mol. The Kier molecular flexibility index (Phi) is 5.77. The Bertz CT molecular complexity index is 655. The molecule has 1 aliphatic rings. The zero-order chi connectivity index (χ0) is 17.7. The van der Waals surface area contributed by atoms with Gasteiger partial charge in [0.1, 0.15) is 5.75 Å². The Hall–Kier alpha value is -1.84. The Morgan fingerprint density at radius 2 is 1.88 bits per heavy atom. The molecule has 2 aromatic carbocycles. The van der Waals surface area contributed by atoms with E-state index in [1.807, 2.05) is 30.3 Å². The molecule has 0 amide bonds. The van der Waals surface area contributed by atoms with E-state index < -0.39 is 0 Å². The quantitative estimate of drug-likeness (QED) is 0.800. The fraction of sp³-hybridized carbons (Fsp3) is 0.455. The van der Waals surface area contributed by atoms with Gasteiger partial charge in [-0.2, -0.15) is 0 Å². The maximum absolute atomic E-state index is 9.42. The topological polar surface area (TPSA) is 55.5 Å². The lowest BCUT2D eigenvalue weighted by Gasteiger charge is -2.21. The van der Waals surface area contributed by atoms with Gasteiger partial charge in [-0.05, 0) is 68.2 Å². The second kappa shape index (κ2) is 8.03. The average molecular weight is 339 g/mol. The summed E-state index contributed by atoms with van der Waals surface area (Å²) in [6.45, 7) is 2.20. The van der Waals surface area contributed by atoms with Crippen LogP contribution in [0.2, 0.25) is 0 Å². The summed E-state index contributed by atoms with van der Waals surface area (Å²) in [6, 6.07) is 18.9. The molecule has 3 rings (SSSR count). The third kappa shape index (κ3) is 4.83. The van der Waals surface area contributed by atoms with Gasteiger partial charge in [0.05, 0.1) is 12.7 Å².